The molecule has 2 aliphatic rings. The molecule has 1 aliphatic carbocycles. The van der Waals surface area contributed by atoms with E-state index in [4.69, 9.17) is 14.6 Å². The maximum Gasteiger partial charge on any atom is 0.336 e. The summed E-state index contributed by atoms with van der Waals surface area (Å²) in [4.78, 5) is 25.9. The first-order valence-electron chi connectivity index (χ1n) is 13.4. The van der Waals surface area contributed by atoms with Gasteiger partial charge in [-0.05, 0) is 92.3 Å². The molecule has 1 heterocycles. The molecule has 200 valence electrons. The molecule has 3 aromatic carbocycles. The Balaban J connectivity index is 1.56. The maximum absolute atomic E-state index is 13.9. The molecule has 1 aliphatic heterocycles. The zero-order chi connectivity index (χ0) is 27.4. The molecule has 7 nitrogen and oxygen atoms in total. The lowest BCUT2D eigenvalue weighted by Crippen LogP contribution is -2.32. The number of carbonyl (C=O) groups is 2. The predicted octanol–water partition coefficient (Wildman–Crippen LogP) is 6.62. The number of ether oxygens (including phenoxy) is 2. The minimum Gasteiger partial charge on any atom is -0.494 e. The average molecular weight is 525 g/mol. The molecule has 0 bridgehead atoms. The van der Waals surface area contributed by atoms with Crippen molar-refractivity contribution < 1.29 is 24.2 Å². The number of hydrogen-bond donors (Lipinski definition) is 1. The Hall–Kier alpha value is -4.39. The van der Waals surface area contributed by atoms with Crippen LogP contribution in [0.4, 0.5) is 0 Å². The Labute approximate surface area is 228 Å². The lowest BCUT2D eigenvalue weighted by atomic mass is 9.77. The average Bonchev–Trinajstić information content (AvgIpc) is 3.35. The van der Waals surface area contributed by atoms with E-state index in [-0.39, 0.29) is 23.1 Å². The Morgan fingerprint density at radius 2 is 1.54 bits per heavy atom. The van der Waals surface area contributed by atoms with Crippen molar-refractivity contribution in [2.75, 3.05) is 13.2 Å². The monoisotopic (exact) mass is 524 g/mol. The summed E-state index contributed by atoms with van der Waals surface area (Å²) in [6.07, 6.45) is 4.83. The number of carbonyl (C=O) groups excluding carboxylic acids is 1. The Bertz CT molecular complexity index is 1410. The third-order valence-electron chi connectivity index (χ3n) is 7.16. The Kier molecular flexibility index (Phi) is 7.77. The smallest absolute Gasteiger partial charge is 0.336 e. The number of carboxylic acids is 1. The summed E-state index contributed by atoms with van der Waals surface area (Å²) in [7, 11) is 0. The highest BCUT2D eigenvalue weighted by molar-refractivity contribution is 6.10. The molecule has 1 amide bonds. The first kappa shape index (κ1) is 26.2. The van der Waals surface area contributed by atoms with Gasteiger partial charge in [0, 0.05) is 5.92 Å². The standard InChI is InChI=1S/C32H32N2O5/c1-3-38-24-16-12-21(13-17-24)20-23-8-7-11-28-29(23)33-34(30(28)22-14-18-25(19-15-22)39-4-2)31(35)26-9-5-6-10-27(26)32(36)37/h5-6,9-10,12-20,28,30H,3-4,7-8,11H2,1-2H3,(H,36,37). The molecule has 2 unspecified atom stereocenters. The quantitative estimate of drug-likeness (QED) is 0.358. The zero-order valence-electron chi connectivity index (χ0n) is 22.2. The molecule has 1 fully saturated rings. The molecule has 0 radical (unpaired) electrons. The number of fused-ring (bicyclic) bond motifs is 1. The largest absolute Gasteiger partial charge is 0.494 e. The van der Waals surface area contributed by atoms with Gasteiger partial charge in [-0.15, -0.1) is 0 Å². The van der Waals surface area contributed by atoms with Gasteiger partial charge in [0.2, 0.25) is 0 Å². The maximum atomic E-state index is 13.9. The normalized spacial score (nSPS) is 19.4. The fourth-order valence-electron chi connectivity index (χ4n) is 5.44. The molecule has 1 N–H and O–H groups in total. The highest BCUT2D eigenvalue weighted by atomic mass is 16.5. The number of carboxylic acid groups (broad SMARTS) is 1. The van der Waals surface area contributed by atoms with Gasteiger partial charge in [-0.25, -0.2) is 9.80 Å². The van der Waals surface area contributed by atoms with Gasteiger partial charge in [0.15, 0.2) is 0 Å². The van der Waals surface area contributed by atoms with E-state index >= 15 is 0 Å². The topological polar surface area (TPSA) is 88.4 Å². The van der Waals surface area contributed by atoms with Crippen LogP contribution in [0.2, 0.25) is 0 Å². The van der Waals surface area contributed by atoms with Crippen LogP contribution in [0, 0.1) is 5.92 Å². The molecule has 1 saturated carbocycles. The molecule has 3 aromatic rings. The second kappa shape index (κ2) is 11.6. The molecular formula is C32H32N2O5. The van der Waals surface area contributed by atoms with E-state index in [1.165, 1.54) is 11.1 Å². The van der Waals surface area contributed by atoms with Crippen LogP contribution in [-0.2, 0) is 0 Å². The number of allylic oxidation sites excluding steroid dienone is 1. The van der Waals surface area contributed by atoms with Gasteiger partial charge in [0.25, 0.3) is 5.91 Å². The lowest BCUT2D eigenvalue weighted by molar-refractivity contribution is 0.0645. The van der Waals surface area contributed by atoms with Gasteiger partial charge in [-0.3, -0.25) is 4.79 Å². The van der Waals surface area contributed by atoms with Crippen molar-refractivity contribution in [3.8, 4) is 11.5 Å². The first-order chi connectivity index (χ1) is 19.0. The number of benzene rings is 3. The molecule has 7 heteroatoms. The van der Waals surface area contributed by atoms with E-state index in [1.54, 1.807) is 18.2 Å². The second-order valence-corrected chi connectivity index (χ2v) is 9.60. The van der Waals surface area contributed by atoms with Crippen molar-refractivity contribution in [3.63, 3.8) is 0 Å². The van der Waals surface area contributed by atoms with E-state index in [0.717, 1.165) is 53.2 Å². The highest BCUT2D eigenvalue weighted by Gasteiger charge is 2.44. The van der Waals surface area contributed by atoms with E-state index in [0.29, 0.717) is 13.2 Å². The van der Waals surface area contributed by atoms with Gasteiger partial charge in [-0.2, -0.15) is 5.10 Å². The molecule has 2 atom stereocenters. The summed E-state index contributed by atoms with van der Waals surface area (Å²) in [6.45, 7) is 5.07. The van der Waals surface area contributed by atoms with Crippen LogP contribution in [0.1, 0.15) is 71.0 Å². The van der Waals surface area contributed by atoms with Crippen LogP contribution < -0.4 is 9.47 Å². The van der Waals surface area contributed by atoms with Crippen molar-refractivity contribution in [2.24, 2.45) is 11.0 Å². The summed E-state index contributed by atoms with van der Waals surface area (Å²) >= 11 is 0. The van der Waals surface area contributed by atoms with Crippen LogP contribution in [-0.4, -0.2) is 40.9 Å². The molecule has 0 spiro atoms. The van der Waals surface area contributed by atoms with Crippen LogP contribution in [0.25, 0.3) is 6.08 Å². The van der Waals surface area contributed by atoms with Crippen molar-refractivity contribution in [1.82, 2.24) is 5.01 Å². The van der Waals surface area contributed by atoms with Crippen LogP contribution in [0.3, 0.4) is 0 Å². The van der Waals surface area contributed by atoms with Crippen LogP contribution in [0.15, 0.2) is 83.5 Å². The van der Waals surface area contributed by atoms with Gasteiger partial charge < -0.3 is 14.6 Å². The highest BCUT2D eigenvalue weighted by Crippen LogP contribution is 2.45. The second-order valence-electron chi connectivity index (χ2n) is 9.60. The minimum absolute atomic E-state index is 0.00779. The number of hydrazone groups is 1. The van der Waals surface area contributed by atoms with E-state index < -0.39 is 11.9 Å². The number of rotatable bonds is 8. The van der Waals surface area contributed by atoms with Crippen molar-refractivity contribution in [3.05, 3.63) is 101 Å². The molecular weight excluding hydrogens is 492 g/mol. The fraction of sp³-hybridized carbons (Fsp3) is 0.281. The van der Waals surface area contributed by atoms with Crippen LogP contribution >= 0.6 is 0 Å². The number of amides is 1. The molecule has 5 rings (SSSR count). The van der Waals surface area contributed by atoms with Gasteiger partial charge in [0.1, 0.15) is 11.5 Å². The molecule has 39 heavy (non-hydrogen) atoms. The summed E-state index contributed by atoms with van der Waals surface area (Å²) in [6, 6.07) is 21.7. The fourth-order valence-corrected chi connectivity index (χ4v) is 5.44. The van der Waals surface area contributed by atoms with Gasteiger partial charge in [0.05, 0.1) is 36.1 Å². The van der Waals surface area contributed by atoms with Crippen molar-refractivity contribution in [1.29, 1.82) is 0 Å². The Morgan fingerprint density at radius 1 is 0.923 bits per heavy atom. The number of aromatic carboxylic acids is 1. The third-order valence-corrected chi connectivity index (χ3v) is 7.16. The van der Waals surface area contributed by atoms with E-state index in [2.05, 4.69) is 6.08 Å². The molecule has 0 aromatic heterocycles. The first-order valence-corrected chi connectivity index (χ1v) is 13.4. The zero-order valence-corrected chi connectivity index (χ0v) is 22.2. The Morgan fingerprint density at radius 3 is 2.15 bits per heavy atom. The summed E-state index contributed by atoms with van der Waals surface area (Å²) in [5, 5.41) is 16.2. The lowest BCUT2D eigenvalue weighted by Gasteiger charge is -2.30. The minimum atomic E-state index is -1.14. The number of nitrogens with zero attached hydrogens (tertiary/aromatic N) is 2. The van der Waals surface area contributed by atoms with E-state index in [1.807, 2.05) is 62.4 Å². The van der Waals surface area contributed by atoms with Crippen LogP contribution in [0.5, 0.6) is 11.5 Å². The predicted molar refractivity (Wildman–Crippen MR) is 150 cm³/mol. The summed E-state index contributed by atoms with van der Waals surface area (Å²) in [5.41, 5.74) is 4.04. The number of hydrogen-bond acceptors (Lipinski definition) is 5. The summed E-state index contributed by atoms with van der Waals surface area (Å²) in [5.74, 6) is 0.00993. The SMILES string of the molecule is CCOc1ccc(C=C2CCCC3C2=NN(C(=O)c2ccccc2C(=O)O)C3c2ccc(OCC)cc2)cc1. The van der Waals surface area contributed by atoms with E-state index in [9.17, 15) is 14.7 Å². The summed E-state index contributed by atoms with van der Waals surface area (Å²) < 4.78 is 11.2. The van der Waals surface area contributed by atoms with Gasteiger partial charge >= 0.3 is 5.97 Å². The van der Waals surface area contributed by atoms with Crippen molar-refractivity contribution in [2.45, 2.75) is 39.2 Å². The van der Waals surface area contributed by atoms with Gasteiger partial charge in [-0.1, -0.05) is 36.4 Å². The molecule has 0 saturated heterocycles. The van der Waals surface area contributed by atoms with Crippen molar-refractivity contribution >= 4 is 23.7 Å². The third kappa shape index (κ3) is 5.43.